The number of hydrogen-bond donors (Lipinski definition) is 2. The lowest BCUT2D eigenvalue weighted by Crippen LogP contribution is -2.20. The first-order valence-electron chi connectivity index (χ1n) is 7.49. The summed E-state index contributed by atoms with van der Waals surface area (Å²) in [7, 11) is 0. The first-order valence-corrected chi connectivity index (χ1v) is 7.49. The third kappa shape index (κ3) is 3.79. The van der Waals surface area contributed by atoms with Gasteiger partial charge in [-0.15, -0.1) is 0 Å². The summed E-state index contributed by atoms with van der Waals surface area (Å²) < 4.78 is 0. The van der Waals surface area contributed by atoms with Gasteiger partial charge in [0.2, 0.25) is 0 Å². The molecular formula is C17H21N3O. The molecule has 4 nitrogen and oxygen atoms in total. The predicted molar refractivity (Wildman–Crippen MR) is 83.4 cm³/mol. The maximum absolute atomic E-state index is 11.8. The summed E-state index contributed by atoms with van der Waals surface area (Å²) in [6.07, 6.45) is 3.13. The second-order valence-electron chi connectivity index (χ2n) is 5.93. The molecule has 1 aliphatic carbocycles. The van der Waals surface area contributed by atoms with Crippen molar-refractivity contribution in [1.82, 2.24) is 15.3 Å². The van der Waals surface area contributed by atoms with E-state index in [-0.39, 0.29) is 5.56 Å². The highest BCUT2D eigenvalue weighted by Crippen LogP contribution is 2.19. The molecule has 0 bridgehead atoms. The highest BCUT2D eigenvalue weighted by atomic mass is 16.1. The molecule has 1 fully saturated rings. The lowest BCUT2D eigenvalue weighted by Gasteiger charge is -2.07. The van der Waals surface area contributed by atoms with Gasteiger partial charge in [-0.3, -0.25) is 4.79 Å². The Hall–Kier alpha value is -1.94. The molecule has 0 aliphatic heterocycles. The van der Waals surface area contributed by atoms with Gasteiger partial charge in [-0.05, 0) is 43.4 Å². The maximum Gasteiger partial charge on any atom is 0.251 e. The molecule has 0 saturated heterocycles. The Kier molecular flexibility index (Phi) is 3.88. The van der Waals surface area contributed by atoms with Crippen LogP contribution in [0.25, 0.3) is 0 Å². The van der Waals surface area contributed by atoms with Crippen molar-refractivity contribution in [1.29, 1.82) is 0 Å². The Morgan fingerprint density at radius 2 is 2.05 bits per heavy atom. The van der Waals surface area contributed by atoms with Gasteiger partial charge >= 0.3 is 0 Å². The van der Waals surface area contributed by atoms with Gasteiger partial charge in [0.15, 0.2) is 0 Å². The zero-order valence-electron chi connectivity index (χ0n) is 12.6. The van der Waals surface area contributed by atoms with Crippen molar-refractivity contribution in [3.63, 3.8) is 0 Å². The number of nitrogens with one attached hydrogen (secondary N) is 2. The van der Waals surface area contributed by atoms with Crippen LogP contribution in [0.3, 0.4) is 0 Å². The van der Waals surface area contributed by atoms with Gasteiger partial charge in [-0.2, -0.15) is 0 Å². The molecule has 2 N–H and O–H groups in total. The first-order chi connectivity index (χ1) is 10.1. The van der Waals surface area contributed by atoms with Crippen LogP contribution in [0.1, 0.15) is 41.1 Å². The summed E-state index contributed by atoms with van der Waals surface area (Å²) in [4.78, 5) is 19.2. The summed E-state index contributed by atoms with van der Waals surface area (Å²) in [5, 5.41) is 3.39. The van der Waals surface area contributed by atoms with E-state index in [1.807, 2.05) is 0 Å². The van der Waals surface area contributed by atoms with Crippen molar-refractivity contribution in [3.8, 4) is 0 Å². The Bertz CT molecular complexity index is 701. The van der Waals surface area contributed by atoms with E-state index in [1.54, 1.807) is 6.07 Å². The van der Waals surface area contributed by atoms with E-state index in [9.17, 15) is 4.79 Å². The zero-order chi connectivity index (χ0) is 14.8. The topological polar surface area (TPSA) is 57.8 Å². The van der Waals surface area contributed by atoms with Gasteiger partial charge in [0, 0.05) is 25.1 Å². The molecule has 110 valence electrons. The van der Waals surface area contributed by atoms with E-state index in [2.05, 4.69) is 47.3 Å². The van der Waals surface area contributed by atoms with E-state index in [0.717, 1.165) is 11.5 Å². The molecule has 0 amide bonds. The lowest BCUT2D eigenvalue weighted by molar-refractivity contribution is 0.667. The first kappa shape index (κ1) is 14.0. The van der Waals surface area contributed by atoms with Crippen LogP contribution >= 0.6 is 0 Å². The molecule has 0 unspecified atom stereocenters. The smallest absolute Gasteiger partial charge is 0.251 e. The van der Waals surface area contributed by atoms with Crippen LogP contribution in [-0.2, 0) is 13.0 Å². The number of rotatable bonds is 5. The lowest BCUT2D eigenvalue weighted by atomic mass is 10.0. The Morgan fingerprint density at radius 3 is 2.76 bits per heavy atom. The van der Waals surface area contributed by atoms with Crippen molar-refractivity contribution in [3.05, 3.63) is 62.8 Å². The van der Waals surface area contributed by atoms with Crippen LogP contribution in [0.15, 0.2) is 29.1 Å². The molecule has 1 aromatic carbocycles. The molecule has 0 radical (unpaired) electrons. The molecule has 21 heavy (non-hydrogen) atoms. The zero-order valence-corrected chi connectivity index (χ0v) is 12.6. The third-order valence-corrected chi connectivity index (χ3v) is 3.94. The average molecular weight is 283 g/mol. The number of benzene rings is 1. The minimum absolute atomic E-state index is 0.0727. The van der Waals surface area contributed by atoms with Crippen LogP contribution in [0.4, 0.5) is 0 Å². The second kappa shape index (κ2) is 5.82. The van der Waals surface area contributed by atoms with Crippen molar-refractivity contribution < 1.29 is 0 Å². The molecule has 3 rings (SSSR count). The quantitative estimate of drug-likeness (QED) is 0.884. The number of aromatic amines is 1. The maximum atomic E-state index is 11.8. The van der Waals surface area contributed by atoms with E-state index in [1.165, 1.54) is 29.5 Å². The molecule has 1 aromatic heterocycles. The highest BCUT2D eigenvalue weighted by Gasteiger charge is 2.20. The molecule has 2 aromatic rings. The summed E-state index contributed by atoms with van der Waals surface area (Å²) in [5.74, 6) is 0.735. The summed E-state index contributed by atoms with van der Waals surface area (Å²) in [6, 6.07) is 8.57. The summed E-state index contributed by atoms with van der Waals surface area (Å²) in [5.41, 5.74) is 4.47. The molecular weight excluding hydrogens is 262 g/mol. The van der Waals surface area contributed by atoms with Gasteiger partial charge in [-0.25, -0.2) is 4.98 Å². The third-order valence-electron chi connectivity index (χ3n) is 3.94. The fraction of sp³-hybridized carbons (Fsp3) is 0.412. The number of hydrogen-bond acceptors (Lipinski definition) is 3. The van der Waals surface area contributed by atoms with Crippen LogP contribution in [0.5, 0.6) is 0 Å². The SMILES string of the molecule is Cc1ccc(Cc2nc(CNC3CC3)cc(=O)[nH]2)cc1C. The van der Waals surface area contributed by atoms with Gasteiger partial charge in [0.05, 0.1) is 5.69 Å². The Morgan fingerprint density at radius 1 is 1.24 bits per heavy atom. The fourth-order valence-electron chi connectivity index (χ4n) is 2.38. The standard InChI is InChI=1S/C17H21N3O/c1-11-3-4-13(7-12(11)2)8-16-19-15(9-17(21)20-16)10-18-14-5-6-14/h3-4,7,9,14,18H,5-6,8,10H2,1-2H3,(H,19,20,21). The van der Waals surface area contributed by atoms with Gasteiger partial charge < -0.3 is 10.3 Å². The van der Waals surface area contributed by atoms with Crippen molar-refractivity contribution in [2.45, 2.75) is 45.7 Å². The van der Waals surface area contributed by atoms with Gasteiger partial charge in [0.1, 0.15) is 5.82 Å². The van der Waals surface area contributed by atoms with Crippen molar-refractivity contribution in [2.24, 2.45) is 0 Å². The van der Waals surface area contributed by atoms with E-state index >= 15 is 0 Å². The van der Waals surface area contributed by atoms with Crippen LogP contribution in [0, 0.1) is 13.8 Å². The summed E-state index contributed by atoms with van der Waals surface area (Å²) >= 11 is 0. The van der Waals surface area contributed by atoms with Crippen molar-refractivity contribution in [2.75, 3.05) is 0 Å². The number of aryl methyl sites for hydroxylation is 2. The monoisotopic (exact) mass is 283 g/mol. The second-order valence-corrected chi connectivity index (χ2v) is 5.93. The molecule has 0 atom stereocenters. The number of H-pyrrole nitrogens is 1. The average Bonchev–Trinajstić information content (AvgIpc) is 3.24. The highest BCUT2D eigenvalue weighted by molar-refractivity contribution is 5.31. The van der Waals surface area contributed by atoms with Crippen LogP contribution in [-0.4, -0.2) is 16.0 Å². The van der Waals surface area contributed by atoms with Crippen LogP contribution in [0.2, 0.25) is 0 Å². The molecule has 0 spiro atoms. The summed E-state index contributed by atoms with van der Waals surface area (Å²) in [6.45, 7) is 4.88. The molecule has 1 aliphatic rings. The minimum Gasteiger partial charge on any atom is -0.310 e. The predicted octanol–water partition coefficient (Wildman–Crippen LogP) is 2.23. The normalized spacial score (nSPS) is 14.4. The molecule has 1 saturated carbocycles. The Labute approximate surface area is 124 Å². The van der Waals surface area contributed by atoms with E-state index in [0.29, 0.717) is 19.0 Å². The number of nitrogens with zero attached hydrogens (tertiary/aromatic N) is 1. The van der Waals surface area contributed by atoms with E-state index in [4.69, 9.17) is 0 Å². The largest absolute Gasteiger partial charge is 0.310 e. The molecule has 1 heterocycles. The van der Waals surface area contributed by atoms with Crippen LogP contribution < -0.4 is 10.9 Å². The molecule has 4 heteroatoms. The minimum atomic E-state index is -0.0727. The van der Waals surface area contributed by atoms with Gasteiger partial charge in [0.25, 0.3) is 5.56 Å². The number of aromatic nitrogens is 2. The van der Waals surface area contributed by atoms with Gasteiger partial charge in [-0.1, -0.05) is 18.2 Å². The van der Waals surface area contributed by atoms with E-state index < -0.39 is 0 Å². The fourth-order valence-corrected chi connectivity index (χ4v) is 2.38. The van der Waals surface area contributed by atoms with Crippen molar-refractivity contribution >= 4 is 0 Å². The Balaban J connectivity index is 1.76.